The Morgan fingerprint density at radius 3 is 2.47 bits per heavy atom. The molecule has 1 aliphatic rings. The number of aromatic nitrogens is 4. The van der Waals surface area contributed by atoms with Gasteiger partial charge in [-0.15, -0.1) is 5.10 Å². The van der Waals surface area contributed by atoms with E-state index in [2.05, 4.69) is 66.4 Å². The average molecular weight is 462 g/mol. The molecule has 34 heavy (non-hydrogen) atoms. The van der Waals surface area contributed by atoms with E-state index in [1.165, 1.54) is 5.56 Å². The minimum atomic E-state index is -0.0376. The minimum Gasteiger partial charge on any atom is -0.356 e. The standard InChI is InChI=1S/C26H35N7O/c1-18-7-8-20(26(2,3)4)17-22(18)28-23-15-19(25(34)31(5)6)16-24(29-23)32-12-9-21(10-13-32)33-14-11-27-30-33/h7-8,11,14-17,21H,9-10,12-13H2,1-6H3,(H,28,29). The minimum absolute atomic E-state index is 0.0376. The first-order chi connectivity index (χ1) is 16.1. The molecule has 4 rings (SSSR count). The van der Waals surface area contributed by atoms with Gasteiger partial charge in [0.15, 0.2) is 0 Å². The molecule has 8 heteroatoms. The van der Waals surface area contributed by atoms with Crippen molar-refractivity contribution in [3.8, 4) is 0 Å². The normalized spacial score (nSPS) is 14.8. The molecule has 1 aromatic carbocycles. The van der Waals surface area contributed by atoms with Crippen LogP contribution in [0.3, 0.4) is 0 Å². The van der Waals surface area contributed by atoms with Crippen molar-refractivity contribution >= 4 is 23.2 Å². The molecule has 1 fully saturated rings. The van der Waals surface area contributed by atoms with Gasteiger partial charge in [-0.05, 0) is 54.5 Å². The molecule has 1 aliphatic heterocycles. The lowest BCUT2D eigenvalue weighted by molar-refractivity contribution is 0.0827. The molecule has 1 saturated heterocycles. The summed E-state index contributed by atoms with van der Waals surface area (Å²) in [6, 6.07) is 10.6. The molecule has 0 bridgehead atoms. The number of carbonyl (C=O) groups is 1. The molecular formula is C26H35N7O. The van der Waals surface area contributed by atoms with E-state index in [0.717, 1.165) is 43.0 Å². The van der Waals surface area contributed by atoms with E-state index in [1.54, 1.807) is 25.2 Å². The molecule has 0 radical (unpaired) electrons. The number of hydrogen-bond donors (Lipinski definition) is 1. The predicted octanol–water partition coefficient (Wildman–Crippen LogP) is 4.57. The highest BCUT2D eigenvalue weighted by atomic mass is 16.2. The monoisotopic (exact) mass is 461 g/mol. The number of carbonyl (C=O) groups excluding carboxylic acids is 1. The van der Waals surface area contributed by atoms with Crippen molar-refractivity contribution in [2.45, 2.75) is 52.0 Å². The zero-order chi connectivity index (χ0) is 24.5. The maximum absolute atomic E-state index is 12.9. The third-order valence-electron chi connectivity index (χ3n) is 6.43. The van der Waals surface area contributed by atoms with Gasteiger partial charge in [0.05, 0.1) is 12.2 Å². The largest absolute Gasteiger partial charge is 0.356 e. The summed E-state index contributed by atoms with van der Waals surface area (Å²) in [7, 11) is 3.55. The maximum atomic E-state index is 12.9. The van der Waals surface area contributed by atoms with Crippen LogP contribution in [0.4, 0.5) is 17.3 Å². The Morgan fingerprint density at radius 1 is 1.12 bits per heavy atom. The van der Waals surface area contributed by atoms with Gasteiger partial charge in [0.1, 0.15) is 11.6 Å². The number of nitrogens with one attached hydrogen (secondary N) is 1. The van der Waals surface area contributed by atoms with Crippen LogP contribution in [0.5, 0.6) is 0 Å². The van der Waals surface area contributed by atoms with Gasteiger partial charge < -0.3 is 15.1 Å². The second-order valence-corrected chi connectivity index (χ2v) is 10.3. The van der Waals surface area contributed by atoms with Gasteiger partial charge in [-0.1, -0.05) is 38.1 Å². The van der Waals surface area contributed by atoms with Crippen molar-refractivity contribution < 1.29 is 4.79 Å². The smallest absolute Gasteiger partial charge is 0.253 e. The number of hydrogen-bond acceptors (Lipinski definition) is 6. The highest BCUT2D eigenvalue weighted by molar-refractivity contribution is 5.95. The third-order valence-corrected chi connectivity index (χ3v) is 6.43. The van der Waals surface area contributed by atoms with Crippen molar-refractivity contribution in [3.63, 3.8) is 0 Å². The van der Waals surface area contributed by atoms with E-state index in [1.807, 2.05) is 23.0 Å². The molecule has 3 heterocycles. The molecule has 0 atom stereocenters. The van der Waals surface area contributed by atoms with Crippen molar-refractivity contribution in [2.75, 3.05) is 37.4 Å². The summed E-state index contributed by atoms with van der Waals surface area (Å²) in [6.45, 7) is 10.4. The van der Waals surface area contributed by atoms with E-state index >= 15 is 0 Å². The summed E-state index contributed by atoms with van der Waals surface area (Å²) < 4.78 is 1.94. The van der Waals surface area contributed by atoms with Crippen LogP contribution in [0, 0.1) is 6.92 Å². The van der Waals surface area contributed by atoms with Crippen LogP contribution in [0.25, 0.3) is 0 Å². The SMILES string of the molecule is Cc1ccc(C(C)(C)C)cc1Nc1cc(C(=O)N(C)C)cc(N2CCC(n3ccnn3)CC2)n1. The molecule has 0 spiro atoms. The van der Waals surface area contributed by atoms with Gasteiger partial charge in [-0.3, -0.25) is 4.79 Å². The molecule has 180 valence electrons. The number of benzene rings is 1. The molecule has 2 aromatic heterocycles. The predicted molar refractivity (Wildman–Crippen MR) is 136 cm³/mol. The highest BCUT2D eigenvalue weighted by Gasteiger charge is 2.24. The van der Waals surface area contributed by atoms with Gasteiger partial charge in [0, 0.05) is 44.6 Å². The van der Waals surface area contributed by atoms with E-state index in [9.17, 15) is 4.79 Å². The number of nitrogens with zero attached hydrogens (tertiary/aromatic N) is 6. The third kappa shape index (κ3) is 5.21. The number of pyridine rings is 1. The van der Waals surface area contributed by atoms with Crippen LogP contribution < -0.4 is 10.2 Å². The molecule has 1 N–H and O–H groups in total. The summed E-state index contributed by atoms with van der Waals surface area (Å²) in [5.41, 5.74) is 4.05. The molecule has 8 nitrogen and oxygen atoms in total. The molecule has 0 saturated carbocycles. The number of rotatable bonds is 5. The number of amides is 1. The Labute approximate surface area is 202 Å². The fraction of sp³-hybridized carbons (Fsp3) is 0.462. The molecular weight excluding hydrogens is 426 g/mol. The Morgan fingerprint density at radius 2 is 1.85 bits per heavy atom. The lowest BCUT2D eigenvalue weighted by Crippen LogP contribution is -2.35. The zero-order valence-electron chi connectivity index (χ0n) is 21.0. The van der Waals surface area contributed by atoms with Gasteiger partial charge >= 0.3 is 0 Å². The molecule has 3 aromatic rings. The first kappa shape index (κ1) is 23.7. The Kier molecular flexibility index (Phi) is 6.59. The second-order valence-electron chi connectivity index (χ2n) is 10.3. The van der Waals surface area contributed by atoms with Crippen LogP contribution in [-0.2, 0) is 5.41 Å². The van der Waals surface area contributed by atoms with E-state index in [0.29, 0.717) is 17.4 Å². The summed E-state index contributed by atoms with van der Waals surface area (Å²) in [5.74, 6) is 1.46. The van der Waals surface area contributed by atoms with Gasteiger partial charge in [-0.25, -0.2) is 9.67 Å². The van der Waals surface area contributed by atoms with Gasteiger partial charge in [0.25, 0.3) is 5.91 Å². The van der Waals surface area contributed by atoms with Crippen molar-refractivity contribution in [2.24, 2.45) is 0 Å². The van der Waals surface area contributed by atoms with Crippen molar-refractivity contribution in [1.82, 2.24) is 24.9 Å². The summed E-state index contributed by atoms with van der Waals surface area (Å²) in [6.07, 6.45) is 5.54. The zero-order valence-corrected chi connectivity index (χ0v) is 21.0. The first-order valence-corrected chi connectivity index (χ1v) is 11.8. The van der Waals surface area contributed by atoms with Crippen molar-refractivity contribution in [3.05, 3.63) is 59.4 Å². The lowest BCUT2D eigenvalue weighted by Gasteiger charge is -2.33. The topological polar surface area (TPSA) is 79.2 Å². The molecule has 0 aliphatic carbocycles. The lowest BCUT2D eigenvalue weighted by atomic mass is 9.86. The highest BCUT2D eigenvalue weighted by Crippen LogP contribution is 2.31. The molecule has 1 amide bonds. The van der Waals surface area contributed by atoms with Crippen LogP contribution in [0.1, 0.15) is 61.1 Å². The van der Waals surface area contributed by atoms with E-state index in [-0.39, 0.29) is 11.3 Å². The van der Waals surface area contributed by atoms with E-state index in [4.69, 9.17) is 4.98 Å². The van der Waals surface area contributed by atoms with Crippen molar-refractivity contribution in [1.29, 1.82) is 0 Å². The Hall–Kier alpha value is -3.42. The maximum Gasteiger partial charge on any atom is 0.253 e. The number of aryl methyl sites for hydroxylation is 1. The Bertz CT molecular complexity index is 1140. The number of anilines is 3. The van der Waals surface area contributed by atoms with Crippen LogP contribution in [0.2, 0.25) is 0 Å². The second kappa shape index (κ2) is 9.44. The summed E-state index contributed by atoms with van der Waals surface area (Å²) in [5, 5.41) is 11.6. The van der Waals surface area contributed by atoms with Crippen LogP contribution in [0.15, 0.2) is 42.7 Å². The summed E-state index contributed by atoms with van der Waals surface area (Å²) >= 11 is 0. The first-order valence-electron chi connectivity index (χ1n) is 11.8. The average Bonchev–Trinajstić information content (AvgIpc) is 3.34. The summed E-state index contributed by atoms with van der Waals surface area (Å²) in [4.78, 5) is 21.7. The van der Waals surface area contributed by atoms with E-state index < -0.39 is 0 Å². The van der Waals surface area contributed by atoms with Crippen LogP contribution >= 0.6 is 0 Å². The van der Waals surface area contributed by atoms with Crippen LogP contribution in [-0.4, -0.2) is 58.0 Å². The van der Waals surface area contributed by atoms with Gasteiger partial charge in [-0.2, -0.15) is 0 Å². The quantitative estimate of drug-likeness (QED) is 0.600. The number of piperidine rings is 1. The fourth-order valence-corrected chi connectivity index (χ4v) is 4.26. The van der Waals surface area contributed by atoms with Gasteiger partial charge in [0.2, 0.25) is 0 Å². The molecule has 0 unspecified atom stereocenters. The fourth-order valence-electron chi connectivity index (χ4n) is 4.26. The Balaban J connectivity index is 1.63.